The van der Waals surface area contributed by atoms with Crippen molar-refractivity contribution in [2.45, 2.75) is 6.92 Å². The summed E-state index contributed by atoms with van der Waals surface area (Å²) in [5.74, 6) is -2.49. The predicted octanol–water partition coefficient (Wildman–Crippen LogP) is 1.14. The lowest BCUT2D eigenvalue weighted by Crippen LogP contribution is -2.17. The molecule has 0 unspecified atom stereocenters. The third kappa shape index (κ3) is 2.74. The van der Waals surface area contributed by atoms with Crippen LogP contribution in [0.3, 0.4) is 0 Å². The molecule has 7 nitrogen and oxygen atoms in total. The molecule has 0 saturated carbocycles. The summed E-state index contributed by atoms with van der Waals surface area (Å²) in [6.07, 6.45) is 0.838. The molecule has 0 amide bonds. The van der Waals surface area contributed by atoms with Crippen LogP contribution in [0, 0.1) is 10.1 Å². The summed E-state index contributed by atoms with van der Waals surface area (Å²) in [5.41, 5.74) is -0.543. The number of hydrogen-bond donors (Lipinski definition) is 0. The van der Waals surface area contributed by atoms with E-state index in [1.165, 1.54) is 0 Å². The van der Waals surface area contributed by atoms with Crippen LogP contribution in [-0.2, 0) is 9.59 Å². The summed E-state index contributed by atoms with van der Waals surface area (Å²) in [7, 11) is 0. The fraction of sp³-hybridized carbons (Fsp3) is 0.125. The molecule has 84 valence electrons. The van der Waals surface area contributed by atoms with Gasteiger partial charge >= 0.3 is 11.7 Å². The first-order valence-electron chi connectivity index (χ1n) is 3.94. The molecule has 0 aliphatic rings. The number of esters is 1. The highest BCUT2D eigenvalue weighted by atomic mass is 35.5. The van der Waals surface area contributed by atoms with Crippen molar-refractivity contribution in [3.63, 3.8) is 0 Å². The fourth-order valence-corrected chi connectivity index (χ4v) is 0.944. The number of nitrogens with zero attached hydrogens (tertiary/aromatic N) is 2. The zero-order chi connectivity index (χ0) is 12.3. The number of hydrogen-bond acceptors (Lipinski definition) is 6. The monoisotopic (exact) mass is 244 g/mol. The minimum atomic E-state index is -1.20. The van der Waals surface area contributed by atoms with Gasteiger partial charge in [-0.2, -0.15) is 0 Å². The summed E-state index contributed by atoms with van der Waals surface area (Å²) >= 11 is 5.47. The van der Waals surface area contributed by atoms with Gasteiger partial charge in [-0.3, -0.25) is 14.9 Å². The summed E-state index contributed by atoms with van der Waals surface area (Å²) in [4.78, 5) is 34.8. The molecule has 0 N–H and O–H groups in total. The predicted molar refractivity (Wildman–Crippen MR) is 52.2 cm³/mol. The Kier molecular flexibility index (Phi) is 3.51. The standard InChI is InChI=1S/C8H5ClN2O5/c1-4(12)8(13)16-6-2-7(9)10-3-5(6)11(14)15/h2-3H,1H3. The summed E-state index contributed by atoms with van der Waals surface area (Å²) < 4.78 is 4.49. The van der Waals surface area contributed by atoms with Crippen molar-refractivity contribution in [1.82, 2.24) is 4.98 Å². The number of Topliss-reactive ketones (excluding diaryl/α,β-unsaturated/α-hetero) is 1. The van der Waals surface area contributed by atoms with Gasteiger partial charge in [0.05, 0.1) is 4.92 Å². The zero-order valence-electron chi connectivity index (χ0n) is 7.97. The Morgan fingerprint density at radius 2 is 2.19 bits per heavy atom. The van der Waals surface area contributed by atoms with Crippen LogP contribution in [0.25, 0.3) is 0 Å². The summed E-state index contributed by atoms with van der Waals surface area (Å²) in [5, 5.41) is 10.4. The Labute approximate surface area is 94.1 Å². The second kappa shape index (κ2) is 4.67. The molecular formula is C8H5ClN2O5. The molecule has 0 radical (unpaired) electrons. The van der Waals surface area contributed by atoms with E-state index in [2.05, 4.69) is 9.72 Å². The highest BCUT2D eigenvalue weighted by Crippen LogP contribution is 2.28. The van der Waals surface area contributed by atoms with Crippen molar-refractivity contribution < 1.29 is 19.2 Å². The second-order valence-corrected chi connectivity index (χ2v) is 3.06. The van der Waals surface area contributed by atoms with Crippen LogP contribution in [0.4, 0.5) is 5.69 Å². The summed E-state index contributed by atoms with van der Waals surface area (Å²) in [6.45, 7) is 0.983. The fourth-order valence-electron chi connectivity index (χ4n) is 0.796. The molecule has 0 bridgehead atoms. The molecule has 16 heavy (non-hydrogen) atoms. The quantitative estimate of drug-likeness (QED) is 0.260. The molecule has 0 aromatic carbocycles. The Morgan fingerprint density at radius 3 is 2.69 bits per heavy atom. The minimum absolute atomic E-state index is 0.0862. The molecule has 1 aromatic rings. The molecule has 0 spiro atoms. The molecule has 0 fully saturated rings. The van der Waals surface area contributed by atoms with E-state index in [4.69, 9.17) is 11.6 Å². The van der Waals surface area contributed by atoms with Crippen LogP contribution in [-0.4, -0.2) is 21.7 Å². The highest BCUT2D eigenvalue weighted by molar-refractivity contribution is 6.33. The van der Waals surface area contributed by atoms with Gasteiger partial charge in [-0.15, -0.1) is 0 Å². The maximum atomic E-state index is 10.9. The number of carbonyl (C=O) groups is 2. The van der Waals surface area contributed by atoms with Gasteiger partial charge in [-0.25, -0.2) is 9.78 Å². The molecule has 0 aliphatic carbocycles. The Bertz CT molecular complexity index is 473. The van der Waals surface area contributed by atoms with E-state index < -0.39 is 28.1 Å². The maximum absolute atomic E-state index is 10.9. The molecule has 0 atom stereocenters. The largest absolute Gasteiger partial charge is 0.413 e. The van der Waals surface area contributed by atoms with E-state index in [-0.39, 0.29) is 5.15 Å². The van der Waals surface area contributed by atoms with Crippen molar-refractivity contribution in [2.24, 2.45) is 0 Å². The van der Waals surface area contributed by atoms with Crippen molar-refractivity contribution in [2.75, 3.05) is 0 Å². The van der Waals surface area contributed by atoms with Crippen LogP contribution < -0.4 is 4.74 Å². The van der Waals surface area contributed by atoms with Crippen molar-refractivity contribution in [3.8, 4) is 5.75 Å². The normalized spacial score (nSPS) is 9.62. The number of carbonyl (C=O) groups excluding carboxylic acids is 2. The van der Waals surface area contributed by atoms with Gasteiger partial charge in [0.2, 0.25) is 11.5 Å². The first kappa shape index (κ1) is 12.1. The third-order valence-corrected chi connectivity index (χ3v) is 1.71. The summed E-state index contributed by atoms with van der Waals surface area (Å²) in [6, 6.07) is 0.987. The van der Waals surface area contributed by atoms with Crippen LogP contribution in [0.1, 0.15) is 6.92 Å². The van der Waals surface area contributed by atoms with Gasteiger partial charge in [0.1, 0.15) is 11.3 Å². The number of nitro groups is 1. The van der Waals surface area contributed by atoms with E-state index >= 15 is 0 Å². The lowest BCUT2D eigenvalue weighted by Gasteiger charge is -2.02. The maximum Gasteiger partial charge on any atom is 0.379 e. The first-order chi connectivity index (χ1) is 7.41. The molecule has 1 aromatic heterocycles. The topological polar surface area (TPSA) is 99.4 Å². The first-order valence-corrected chi connectivity index (χ1v) is 4.32. The number of aromatic nitrogens is 1. The molecular weight excluding hydrogens is 240 g/mol. The highest BCUT2D eigenvalue weighted by Gasteiger charge is 2.21. The molecule has 1 heterocycles. The van der Waals surface area contributed by atoms with Gasteiger partial charge in [0.15, 0.2) is 0 Å². The van der Waals surface area contributed by atoms with Crippen molar-refractivity contribution in [1.29, 1.82) is 0 Å². The van der Waals surface area contributed by atoms with Crippen LogP contribution >= 0.6 is 11.6 Å². The Balaban J connectivity index is 3.10. The van der Waals surface area contributed by atoms with Crippen LogP contribution in [0.5, 0.6) is 5.75 Å². The number of rotatable bonds is 3. The second-order valence-electron chi connectivity index (χ2n) is 2.68. The van der Waals surface area contributed by atoms with E-state index in [0.717, 1.165) is 19.2 Å². The van der Waals surface area contributed by atoms with E-state index in [9.17, 15) is 19.7 Å². The van der Waals surface area contributed by atoms with Gasteiger partial charge < -0.3 is 4.74 Å². The van der Waals surface area contributed by atoms with Gasteiger partial charge in [0.25, 0.3) is 0 Å². The van der Waals surface area contributed by atoms with Crippen molar-refractivity contribution in [3.05, 3.63) is 27.5 Å². The van der Waals surface area contributed by atoms with E-state index in [0.29, 0.717) is 0 Å². The number of ketones is 1. The average molecular weight is 245 g/mol. The van der Waals surface area contributed by atoms with E-state index in [1.54, 1.807) is 0 Å². The molecule has 0 aliphatic heterocycles. The van der Waals surface area contributed by atoms with Gasteiger partial charge in [-0.05, 0) is 0 Å². The lowest BCUT2D eigenvalue weighted by atomic mass is 10.4. The van der Waals surface area contributed by atoms with Crippen LogP contribution in [0.2, 0.25) is 5.15 Å². The van der Waals surface area contributed by atoms with Gasteiger partial charge in [-0.1, -0.05) is 11.6 Å². The van der Waals surface area contributed by atoms with Crippen LogP contribution in [0.15, 0.2) is 12.3 Å². The Hall–Kier alpha value is -2.02. The SMILES string of the molecule is CC(=O)C(=O)Oc1cc(Cl)ncc1[N+](=O)[O-]. The third-order valence-electron chi connectivity index (χ3n) is 1.50. The molecule has 0 saturated heterocycles. The lowest BCUT2D eigenvalue weighted by molar-refractivity contribution is -0.386. The van der Waals surface area contributed by atoms with Gasteiger partial charge in [0, 0.05) is 13.0 Å². The smallest absolute Gasteiger partial charge is 0.379 e. The average Bonchev–Trinajstić information content (AvgIpc) is 2.16. The zero-order valence-corrected chi connectivity index (χ0v) is 8.72. The minimum Gasteiger partial charge on any atom is -0.413 e. The number of ether oxygens (including phenoxy) is 1. The molecule has 1 rings (SSSR count). The number of pyridine rings is 1. The molecule has 8 heteroatoms. The van der Waals surface area contributed by atoms with E-state index in [1.807, 2.05) is 0 Å². The van der Waals surface area contributed by atoms with Crippen molar-refractivity contribution >= 4 is 29.0 Å². The number of halogens is 1. The Morgan fingerprint density at radius 1 is 1.56 bits per heavy atom.